The Bertz CT molecular complexity index is 437. The van der Waals surface area contributed by atoms with Gasteiger partial charge in [-0.2, -0.15) is 0 Å². The van der Waals surface area contributed by atoms with Crippen molar-refractivity contribution in [3.63, 3.8) is 0 Å². The van der Waals surface area contributed by atoms with Crippen molar-refractivity contribution in [2.45, 2.75) is 19.6 Å². The molecule has 0 saturated carbocycles. The maximum atomic E-state index is 5.58. The Balaban J connectivity index is 0.00000200. The zero-order chi connectivity index (χ0) is 13.7. The van der Waals surface area contributed by atoms with Crippen LogP contribution < -0.4 is 16.0 Å². The van der Waals surface area contributed by atoms with Crippen LogP contribution in [0.1, 0.15) is 12.5 Å². The quantitative estimate of drug-likeness (QED) is 0.456. The van der Waals surface area contributed by atoms with Gasteiger partial charge in [-0.25, -0.2) is 4.98 Å². The van der Waals surface area contributed by atoms with Crippen molar-refractivity contribution in [3.8, 4) is 0 Å². The summed E-state index contributed by atoms with van der Waals surface area (Å²) in [7, 11) is 1.66. The average Bonchev–Trinajstić information content (AvgIpc) is 2.45. The summed E-state index contributed by atoms with van der Waals surface area (Å²) >= 11 is 0. The molecule has 1 fully saturated rings. The monoisotopic (exact) mass is 391 g/mol. The number of nitrogens with two attached hydrogens (primary N) is 1. The molecule has 0 aromatic carbocycles. The first kappa shape index (κ1) is 17.0. The SMILES string of the molecule is CN=C(N)NCc1ccc(N2CCOC(C)C2)nc1.I. The first-order valence-corrected chi connectivity index (χ1v) is 6.46. The number of guanidine groups is 1. The smallest absolute Gasteiger partial charge is 0.188 e. The summed E-state index contributed by atoms with van der Waals surface area (Å²) in [6.45, 7) is 5.26. The predicted octanol–water partition coefficient (Wildman–Crippen LogP) is 0.959. The number of pyridine rings is 1. The summed E-state index contributed by atoms with van der Waals surface area (Å²) < 4.78 is 5.52. The van der Waals surface area contributed by atoms with Gasteiger partial charge in [-0.3, -0.25) is 4.99 Å². The van der Waals surface area contributed by atoms with Gasteiger partial charge in [-0.1, -0.05) is 6.07 Å². The highest BCUT2D eigenvalue weighted by Gasteiger charge is 2.17. The van der Waals surface area contributed by atoms with E-state index in [1.807, 2.05) is 12.3 Å². The molecule has 0 amide bonds. The number of aromatic nitrogens is 1. The van der Waals surface area contributed by atoms with E-state index in [0.29, 0.717) is 12.5 Å². The average molecular weight is 391 g/mol. The van der Waals surface area contributed by atoms with Gasteiger partial charge in [0.1, 0.15) is 5.82 Å². The van der Waals surface area contributed by atoms with Crippen LogP contribution in [0.15, 0.2) is 23.3 Å². The zero-order valence-electron chi connectivity index (χ0n) is 11.9. The Labute approximate surface area is 136 Å². The molecule has 7 heteroatoms. The Hall–Kier alpha value is -1.09. The van der Waals surface area contributed by atoms with Crippen LogP contribution in [-0.2, 0) is 11.3 Å². The van der Waals surface area contributed by atoms with Gasteiger partial charge in [0.2, 0.25) is 0 Å². The molecule has 1 aliphatic heterocycles. The van der Waals surface area contributed by atoms with E-state index in [0.717, 1.165) is 31.1 Å². The normalized spacial score (nSPS) is 19.4. The summed E-state index contributed by atoms with van der Waals surface area (Å²) in [4.78, 5) is 10.6. The van der Waals surface area contributed by atoms with Crippen LogP contribution in [0.2, 0.25) is 0 Å². The fourth-order valence-electron chi connectivity index (χ4n) is 2.01. The maximum Gasteiger partial charge on any atom is 0.188 e. The van der Waals surface area contributed by atoms with Crippen molar-refractivity contribution < 1.29 is 4.74 Å². The highest BCUT2D eigenvalue weighted by atomic mass is 127. The molecule has 1 saturated heterocycles. The number of hydrogen-bond donors (Lipinski definition) is 2. The molecule has 1 atom stereocenters. The predicted molar refractivity (Wildman–Crippen MR) is 91.7 cm³/mol. The summed E-state index contributed by atoms with van der Waals surface area (Å²) in [5.74, 6) is 1.43. The van der Waals surface area contributed by atoms with Crippen LogP contribution in [-0.4, -0.2) is 43.8 Å². The number of hydrogen-bond acceptors (Lipinski definition) is 4. The molecular weight excluding hydrogens is 369 g/mol. The molecule has 3 N–H and O–H groups in total. The third kappa shape index (κ3) is 4.78. The molecule has 1 aliphatic rings. The largest absolute Gasteiger partial charge is 0.375 e. The molecule has 112 valence electrons. The van der Waals surface area contributed by atoms with E-state index in [2.05, 4.69) is 33.2 Å². The van der Waals surface area contributed by atoms with Crippen LogP contribution in [0.4, 0.5) is 5.82 Å². The van der Waals surface area contributed by atoms with Gasteiger partial charge in [-0.05, 0) is 18.6 Å². The molecule has 0 radical (unpaired) electrons. The number of rotatable bonds is 3. The van der Waals surface area contributed by atoms with Gasteiger partial charge in [0.05, 0.1) is 12.7 Å². The number of morpholine rings is 1. The van der Waals surface area contributed by atoms with Crippen molar-refractivity contribution in [1.29, 1.82) is 0 Å². The van der Waals surface area contributed by atoms with Gasteiger partial charge in [0.25, 0.3) is 0 Å². The van der Waals surface area contributed by atoms with E-state index < -0.39 is 0 Å². The molecule has 6 nitrogen and oxygen atoms in total. The molecule has 1 aromatic rings. The Morgan fingerprint density at radius 3 is 3.00 bits per heavy atom. The van der Waals surface area contributed by atoms with Gasteiger partial charge in [-0.15, -0.1) is 24.0 Å². The lowest BCUT2D eigenvalue weighted by molar-refractivity contribution is 0.0529. The molecule has 1 unspecified atom stereocenters. The Morgan fingerprint density at radius 2 is 2.40 bits per heavy atom. The second-order valence-electron chi connectivity index (χ2n) is 4.61. The standard InChI is InChI=1S/C13H21N5O.HI/c1-10-9-18(5-6-19-10)12-4-3-11(7-16-12)8-17-13(14)15-2;/h3-4,7,10H,5-6,8-9H2,1-2H3,(H3,14,15,17);1H. The molecule has 2 heterocycles. The van der Waals surface area contributed by atoms with E-state index in [4.69, 9.17) is 10.5 Å². The second kappa shape index (κ2) is 8.25. The van der Waals surface area contributed by atoms with E-state index in [9.17, 15) is 0 Å². The van der Waals surface area contributed by atoms with Gasteiger partial charge < -0.3 is 20.7 Å². The lowest BCUT2D eigenvalue weighted by Gasteiger charge is -2.32. The van der Waals surface area contributed by atoms with Gasteiger partial charge in [0, 0.05) is 32.9 Å². The second-order valence-corrected chi connectivity index (χ2v) is 4.61. The van der Waals surface area contributed by atoms with E-state index in [1.54, 1.807) is 7.05 Å². The van der Waals surface area contributed by atoms with Crippen LogP contribution in [0.5, 0.6) is 0 Å². The van der Waals surface area contributed by atoms with E-state index >= 15 is 0 Å². The summed E-state index contributed by atoms with van der Waals surface area (Å²) in [6.07, 6.45) is 2.13. The summed E-state index contributed by atoms with van der Waals surface area (Å²) in [6, 6.07) is 4.09. The number of anilines is 1. The molecule has 0 aliphatic carbocycles. The van der Waals surface area contributed by atoms with Crippen LogP contribution in [0.3, 0.4) is 0 Å². The Kier molecular flexibility index (Phi) is 7.00. The summed E-state index contributed by atoms with van der Waals surface area (Å²) in [5, 5.41) is 3.01. The Morgan fingerprint density at radius 1 is 1.60 bits per heavy atom. The minimum Gasteiger partial charge on any atom is -0.375 e. The molecule has 20 heavy (non-hydrogen) atoms. The molecule has 0 spiro atoms. The first-order chi connectivity index (χ1) is 9.19. The van der Waals surface area contributed by atoms with E-state index in [1.165, 1.54) is 0 Å². The third-order valence-corrected chi connectivity index (χ3v) is 3.09. The topological polar surface area (TPSA) is 75.8 Å². The lowest BCUT2D eigenvalue weighted by Crippen LogP contribution is -2.41. The van der Waals surface area contributed by atoms with Crippen molar-refractivity contribution >= 4 is 35.8 Å². The summed E-state index contributed by atoms with van der Waals surface area (Å²) in [5.41, 5.74) is 6.66. The molecule has 0 bridgehead atoms. The van der Waals surface area contributed by atoms with Crippen LogP contribution in [0.25, 0.3) is 0 Å². The molecular formula is C13H22IN5O. The van der Waals surface area contributed by atoms with Crippen LogP contribution in [0, 0.1) is 0 Å². The number of halogens is 1. The fraction of sp³-hybridized carbons (Fsp3) is 0.538. The number of nitrogens with zero attached hydrogens (tertiary/aromatic N) is 3. The maximum absolute atomic E-state index is 5.58. The molecule has 1 aromatic heterocycles. The minimum atomic E-state index is 0. The van der Waals surface area contributed by atoms with Crippen molar-refractivity contribution in [3.05, 3.63) is 23.9 Å². The highest BCUT2D eigenvalue weighted by Crippen LogP contribution is 2.15. The minimum absolute atomic E-state index is 0. The number of ether oxygens (including phenoxy) is 1. The lowest BCUT2D eigenvalue weighted by atomic mass is 10.2. The first-order valence-electron chi connectivity index (χ1n) is 6.46. The van der Waals surface area contributed by atoms with Crippen molar-refractivity contribution in [1.82, 2.24) is 10.3 Å². The van der Waals surface area contributed by atoms with Crippen LogP contribution >= 0.6 is 24.0 Å². The zero-order valence-corrected chi connectivity index (χ0v) is 14.2. The highest BCUT2D eigenvalue weighted by molar-refractivity contribution is 14.0. The van der Waals surface area contributed by atoms with Gasteiger partial charge >= 0.3 is 0 Å². The van der Waals surface area contributed by atoms with Crippen molar-refractivity contribution in [2.24, 2.45) is 10.7 Å². The number of nitrogens with one attached hydrogen (secondary N) is 1. The third-order valence-electron chi connectivity index (χ3n) is 3.09. The van der Waals surface area contributed by atoms with E-state index in [-0.39, 0.29) is 30.1 Å². The van der Waals surface area contributed by atoms with Crippen molar-refractivity contribution in [2.75, 3.05) is 31.6 Å². The fourth-order valence-corrected chi connectivity index (χ4v) is 2.01. The van der Waals surface area contributed by atoms with Gasteiger partial charge in [0.15, 0.2) is 5.96 Å². The number of aliphatic imine (C=N–C) groups is 1. The molecule has 2 rings (SSSR count).